The molecule has 0 aliphatic heterocycles. The van der Waals surface area contributed by atoms with Crippen molar-refractivity contribution in [1.82, 2.24) is 0 Å². The monoisotopic (exact) mass is 1370 g/mol. The summed E-state index contributed by atoms with van der Waals surface area (Å²) in [6.45, 7) is 30.2. The van der Waals surface area contributed by atoms with Crippen LogP contribution in [0.3, 0.4) is 0 Å². The molecule has 98 heavy (non-hydrogen) atoms. The normalized spacial score (nSPS) is 14.2. The van der Waals surface area contributed by atoms with Crippen LogP contribution >= 0.6 is 0 Å². The van der Waals surface area contributed by atoms with E-state index in [4.69, 9.17) is 28.4 Å². The van der Waals surface area contributed by atoms with E-state index in [-0.39, 0.29) is 12.2 Å². The Hall–Kier alpha value is -2.32. The molecule has 0 aliphatic carbocycles. The minimum atomic E-state index is -0.0469. The second-order valence-corrected chi connectivity index (χ2v) is 32.5. The zero-order valence-corrected chi connectivity index (χ0v) is 67.0. The molecule has 2 rings (SSSR count). The number of unbranched alkanes of at least 4 members (excludes halogenated alkanes) is 29. The minimum absolute atomic E-state index is 0.0469. The number of ether oxygens (including phenoxy) is 6. The molecule has 0 bridgehead atoms. The van der Waals surface area contributed by atoms with Crippen molar-refractivity contribution >= 4 is 0 Å². The lowest BCUT2D eigenvalue weighted by atomic mass is 9.91. The number of benzene rings is 2. The quantitative estimate of drug-likeness (QED) is 0.0486. The molecule has 0 amide bonds. The van der Waals surface area contributed by atoms with Crippen LogP contribution in [0.2, 0.25) is 0 Å². The molecule has 2 aromatic rings. The standard InChI is InChI=1S/C92H166O6/c1-81(2)53-47-55-83(5)57-49-59-85(7)61-51-63-87(9)69-73-97-91(79-95-75-89-65-41-39-42-66-89)77-93-71-45-37-35-33-31-29-27-25-23-21-19-17-15-13-11-12-14-16-18-20-22-24-26-28-30-32-34-36-38-46-72-94-78-92(80-96-76-90-67-43-40-44-68-90)98-74-70-88(10)64-52-62-86(8)60-50-58-84(6)56-48-54-82(3)4/h39-44,65-70,81-86,91-92H,11-38,45-64,71-80H2,1-10H3/b87-69+,88-70+/t83-,84-,85-,86-,91-,92-/m1/s1. The molecular weight excluding hydrogens is 1200 g/mol. The number of rotatable bonds is 75. The van der Waals surface area contributed by atoms with Gasteiger partial charge in [-0.2, -0.15) is 0 Å². The summed E-state index contributed by atoms with van der Waals surface area (Å²) in [7, 11) is 0. The van der Waals surface area contributed by atoms with Gasteiger partial charge in [0.15, 0.2) is 0 Å². The summed E-state index contributed by atoms with van der Waals surface area (Å²) in [6, 6.07) is 20.9. The SMILES string of the molecule is C/C(=C\CO[C@H](COCCCCCCCCCCCCCCCCCCCCCCCCCCCCCCCCOC[C@H](COCc1ccccc1)OC/C=C(\C)CCC[C@H](C)CCC[C@H](C)CCCC(C)C)COCc1ccccc1)CCC[C@H](C)CCC[C@H](C)CCCC(C)C. The highest BCUT2D eigenvalue weighted by Crippen LogP contribution is 2.25. The van der Waals surface area contributed by atoms with Crippen LogP contribution in [0.1, 0.15) is 389 Å². The first-order valence-electron chi connectivity index (χ1n) is 42.8. The van der Waals surface area contributed by atoms with Crippen LogP contribution in [0.5, 0.6) is 0 Å². The predicted molar refractivity (Wildman–Crippen MR) is 429 cm³/mol. The fourth-order valence-corrected chi connectivity index (χ4v) is 14.1. The Morgan fingerprint density at radius 2 is 0.510 bits per heavy atom. The Morgan fingerprint density at radius 3 is 0.776 bits per heavy atom. The highest BCUT2D eigenvalue weighted by Gasteiger charge is 2.14. The van der Waals surface area contributed by atoms with Crippen LogP contribution in [-0.4, -0.2) is 65.1 Å². The first kappa shape index (κ1) is 91.8. The summed E-state index contributed by atoms with van der Waals surface area (Å²) in [4.78, 5) is 0. The molecule has 0 unspecified atom stereocenters. The average molecular weight is 1370 g/mol. The van der Waals surface area contributed by atoms with Gasteiger partial charge < -0.3 is 28.4 Å². The zero-order chi connectivity index (χ0) is 70.7. The van der Waals surface area contributed by atoms with Gasteiger partial charge in [0.05, 0.1) is 52.9 Å². The van der Waals surface area contributed by atoms with E-state index in [0.29, 0.717) is 52.9 Å². The second-order valence-electron chi connectivity index (χ2n) is 32.5. The molecule has 6 nitrogen and oxygen atoms in total. The van der Waals surface area contributed by atoms with Crippen LogP contribution in [0, 0.1) is 35.5 Å². The Morgan fingerprint density at radius 1 is 0.276 bits per heavy atom. The van der Waals surface area contributed by atoms with E-state index < -0.39 is 0 Å². The average Bonchev–Trinajstić information content (AvgIpc) is 2.12. The van der Waals surface area contributed by atoms with Crippen molar-refractivity contribution in [3.05, 3.63) is 95.1 Å². The molecule has 570 valence electrons. The Kier molecular flexibility index (Phi) is 64.7. The molecule has 6 heteroatoms. The Balaban J connectivity index is 1.35. The van der Waals surface area contributed by atoms with E-state index in [1.165, 1.54) is 318 Å². The van der Waals surface area contributed by atoms with Crippen LogP contribution in [-0.2, 0) is 41.6 Å². The molecule has 0 saturated heterocycles. The van der Waals surface area contributed by atoms with Crippen molar-refractivity contribution in [1.29, 1.82) is 0 Å². The van der Waals surface area contributed by atoms with Crippen molar-refractivity contribution in [3.8, 4) is 0 Å². The van der Waals surface area contributed by atoms with Gasteiger partial charge in [0, 0.05) is 13.2 Å². The number of hydrogen-bond acceptors (Lipinski definition) is 6. The second kappa shape index (κ2) is 69.1. The van der Waals surface area contributed by atoms with E-state index in [2.05, 4.69) is 142 Å². The number of hydrogen-bond donors (Lipinski definition) is 0. The van der Waals surface area contributed by atoms with Crippen molar-refractivity contribution < 1.29 is 28.4 Å². The predicted octanol–water partition coefficient (Wildman–Crippen LogP) is 28.7. The summed E-state index contributed by atoms with van der Waals surface area (Å²) in [5, 5.41) is 0. The van der Waals surface area contributed by atoms with Crippen LogP contribution in [0.4, 0.5) is 0 Å². The maximum Gasteiger partial charge on any atom is 0.105 e. The van der Waals surface area contributed by atoms with Crippen LogP contribution < -0.4 is 0 Å². The first-order chi connectivity index (χ1) is 47.9. The van der Waals surface area contributed by atoms with Gasteiger partial charge in [-0.05, 0) is 99.0 Å². The van der Waals surface area contributed by atoms with Crippen molar-refractivity contribution in [2.75, 3.05) is 52.9 Å². The third-order valence-electron chi connectivity index (χ3n) is 21.1. The maximum absolute atomic E-state index is 6.36. The number of allylic oxidation sites excluding steroid dienone is 2. The molecule has 0 aliphatic rings. The van der Waals surface area contributed by atoms with Crippen LogP contribution in [0.15, 0.2) is 84.0 Å². The van der Waals surface area contributed by atoms with Gasteiger partial charge in [0.2, 0.25) is 0 Å². The summed E-state index contributed by atoms with van der Waals surface area (Å²) in [5.74, 6) is 5.08. The van der Waals surface area contributed by atoms with Gasteiger partial charge in [-0.3, -0.25) is 0 Å². The van der Waals surface area contributed by atoms with E-state index in [0.717, 1.165) is 61.6 Å². The topological polar surface area (TPSA) is 55.4 Å². The lowest BCUT2D eigenvalue weighted by Crippen LogP contribution is -2.26. The first-order valence-corrected chi connectivity index (χ1v) is 42.8. The largest absolute Gasteiger partial charge is 0.379 e. The summed E-state index contributed by atoms with van der Waals surface area (Å²) >= 11 is 0. The smallest absolute Gasteiger partial charge is 0.105 e. The minimum Gasteiger partial charge on any atom is -0.379 e. The van der Waals surface area contributed by atoms with Gasteiger partial charge in [-0.25, -0.2) is 0 Å². The molecule has 0 spiro atoms. The Bertz CT molecular complexity index is 1840. The fraction of sp³-hybridized carbons (Fsp3) is 0.826. The molecule has 6 atom stereocenters. The molecular formula is C92H166O6. The lowest BCUT2D eigenvalue weighted by Gasteiger charge is -2.18. The third kappa shape index (κ3) is 63.4. The van der Waals surface area contributed by atoms with Crippen molar-refractivity contribution in [3.63, 3.8) is 0 Å². The molecule has 0 radical (unpaired) electrons. The third-order valence-corrected chi connectivity index (χ3v) is 21.1. The lowest BCUT2D eigenvalue weighted by molar-refractivity contribution is -0.0559. The summed E-state index contributed by atoms with van der Waals surface area (Å²) in [5.41, 5.74) is 5.29. The van der Waals surface area contributed by atoms with E-state index in [1.54, 1.807) is 0 Å². The van der Waals surface area contributed by atoms with Gasteiger partial charge in [0.25, 0.3) is 0 Å². The molecule has 2 aromatic carbocycles. The van der Waals surface area contributed by atoms with Crippen molar-refractivity contribution in [2.24, 2.45) is 35.5 Å². The zero-order valence-electron chi connectivity index (χ0n) is 67.0. The fourth-order valence-electron chi connectivity index (χ4n) is 14.1. The van der Waals surface area contributed by atoms with Gasteiger partial charge in [-0.15, -0.1) is 0 Å². The maximum atomic E-state index is 6.36. The molecule has 0 N–H and O–H groups in total. The van der Waals surface area contributed by atoms with Gasteiger partial charge in [-0.1, -0.05) is 409 Å². The molecule has 0 fully saturated rings. The van der Waals surface area contributed by atoms with E-state index in [1.807, 2.05) is 0 Å². The van der Waals surface area contributed by atoms with E-state index in [9.17, 15) is 0 Å². The summed E-state index contributed by atoms with van der Waals surface area (Å²) in [6.07, 6.45) is 70.5. The van der Waals surface area contributed by atoms with Gasteiger partial charge >= 0.3 is 0 Å². The van der Waals surface area contributed by atoms with Crippen molar-refractivity contribution in [2.45, 2.75) is 403 Å². The molecule has 0 saturated carbocycles. The molecule has 0 aromatic heterocycles. The summed E-state index contributed by atoms with van der Waals surface area (Å²) < 4.78 is 37.4. The molecule has 0 heterocycles. The highest BCUT2D eigenvalue weighted by atomic mass is 16.6. The highest BCUT2D eigenvalue weighted by molar-refractivity contribution is 5.14. The van der Waals surface area contributed by atoms with Gasteiger partial charge in [0.1, 0.15) is 12.2 Å². The van der Waals surface area contributed by atoms with E-state index >= 15 is 0 Å². The Labute approximate surface area is 611 Å². The van der Waals surface area contributed by atoms with Crippen LogP contribution in [0.25, 0.3) is 0 Å².